The van der Waals surface area contributed by atoms with E-state index >= 15 is 0 Å². The van der Waals surface area contributed by atoms with E-state index in [-0.39, 0.29) is 55.5 Å². The number of aromatic carboxylic acids is 1. The SMILES string of the molecule is O=C(O)C1=c2ccc([nH]2)=C(c2ccccc2)c2cc(C(=O)O)c([nH]2)C(C(=O)O)=c2ccc([nH]2)=C(C(=O)O)c2ccc1[nH]2. The number of H-pyrrole nitrogens is 4. The molecule has 12 heteroatoms. The van der Waals surface area contributed by atoms with Crippen LogP contribution in [0.5, 0.6) is 0 Å². The first-order chi connectivity index (χ1) is 20.1. The van der Waals surface area contributed by atoms with Crippen molar-refractivity contribution in [3.8, 4) is 0 Å². The fourth-order valence-corrected chi connectivity index (χ4v) is 5.18. The highest BCUT2D eigenvalue weighted by Crippen LogP contribution is 2.26. The number of nitrogens with one attached hydrogen (secondary N) is 4. The Kier molecular flexibility index (Phi) is 6.00. The summed E-state index contributed by atoms with van der Waals surface area (Å²) in [6, 6.07) is 18.9. The monoisotopic (exact) mass is 564 g/mol. The van der Waals surface area contributed by atoms with Gasteiger partial charge in [0.2, 0.25) is 0 Å². The summed E-state index contributed by atoms with van der Waals surface area (Å²) in [5.41, 5.74) is 0.0954. The van der Waals surface area contributed by atoms with E-state index in [4.69, 9.17) is 0 Å². The zero-order valence-electron chi connectivity index (χ0n) is 21.4. The molecule has 0 amide bonds. The molecular weight excluding hydrogens is 544 g/mol. The maximum atomic E-state index is 12.6. The lowest BCUT2D eigenvalue weighted by molar-refractivity contribution is -0.131. The Hall–Kier alpha value is -6.30. The van der Waals surface area contributed by atoms with Crippen LogP contribution in [0.1, 0.15) is 38.7 Å². The van der Waals surface area contributed by atoms with Crippen molar-refractivity contribution in [1.82, 2.24) is 19.9 Å². The number of rotatable bonds is 5. The van der Waals surface area contributed by atoms with Gasteiger partial charge in [0.05, 0.1) is 38.7 Å². The van der Waals surface area contributed by atoms with E-state index in [1.54, 1.807) is 36.4 Å². The number of aromatic amines is 4. The summed E-state index contributed by atoms with van der Waals surface area (Å²) in [6.45, 7) is 0. The molecule has 1 aliphatic rings. The zero-order valence-corrected chi connectivity index (χ0v) is 21.4. The van der Waals surface area contributed by atoms with Crippen LogP contribution < -0.4 is 21.4 Å². The predicted molar refractivity (Wildman–Crippen MR) is 147 cm³/mol. The first kappa shape index (κ1) is 26.0. The molecule has 8 bridgehead atoms. The van der Waals surface area contributed by atoms with Crippen LogP contribution in [0, 0.1) is 0 Å². The first-order valence-corrected chi connectivity index (χ1v) is 12.4. The van der Waals surface area contributed by atoms with Crippen LogP contribution in [-0.4, -0.2) is 64.2 Å². The van der Waals surface area contributed by atoms with Gasteiger partial charge >= 0.3 is 23.9 Å². The molecule has 0 saturated heterocycles. The van der Waals surface area contributed by atoms with Gasteiger partial charge in [0.25, 0.3) is 0 Å². The Morgan fingerprint density at radius 1 is 0.476 bits per heavy atom. The lowest BCUT2D eigenvalue weighted by Crippen LogP contribution is -2.23. The molecule has 5 heterocycles. The van der Waals surface area contributed by atoms with Crippen molar-refractivity contribution < 1.29 is 39.6 Å². The highest BCUT2D eigenvalue weighted by atomic mass is 16.4. The van der Waals surface area contributed by atoms with Gasteiger partial charge in [-0.25, -0.2) is 19.2 Å². The van der Waals surface area contributed by atoms with Crippen LogP contribution >= 0.6 is 0 Å². The molecule has 5 aromatic rings. The molecule has 0 atom stereocenters. The Bertz CT molecular complexity index is 2210. The van der Waals surface area contributed by atoms with Gasteiger partial charge in [0.15, 0.2) is 0 Å². The molecule has 0 fully saturated rings. The molecule has 208 valence electrons. The number of benzene rings is 1. The van der Waals surface area contributed by atoms with Gasteiger partial charge in [-0.1, -0.05) is 30.3 Å². The topological polar surface area (TPSA) is 212 Å². The summed E-state index contributed by atoms with van der Waals surface area (Å²) >= 11 is 0. The quantitative estimate of drug-likeness (QED) is 0.146. The van der Waals surface area contributed by atoms with Crippen LogP contribution in [0.4, 0.5) is 0 Å². The molecule has 8 N–H and O–H groups in total. The maximum absolute atomic E-state index is 12.6. The van der Waals surface area contributed by atoms with Crippen molar-refractivity contribution >= 4 is 46.2 Å². The first-order valence-electron chi connectivity index (χ1n) is 12.4. The molecule has 42 heavy (non-hydrogen) atoms. The van der Waals surface area contributed by atoms with Crippen molar-refractivity contribution in [2.75, 3.05) is 0 Å². The van der Waals surface area contributed by atoms with Crippen LogP contribution in [-0.2, 0) is 14.4 Å². The van der Waals surface area contributed by atoms with Crippen molar-refractivity contribution in [1.29, 1.82) is 0 Å². The van der Waals surface area contributed by atoms with Crippen LogP contribution in [0.15, 0.2) is 72.8 Å². The average Bonchev–Trinajstić information content (AvgIpc) is 3.74. The third-order valence-corrected chi connectivity index (χ3v) is 6.95. The van der Waals surface area contributed by atoms with E-state index in [9.17, 15) is 39.6 Å². The lowest BCUT2D eigenvalue weighted by Gasteiger charge is -2.06. The second-order valence-corrected chi connectivity index (χ2v) is 9.42. The van der Waals surface area contributed by atoms with Crippen LogP contribution in [0.2, 0.25) is 0 Å². The fourth-order valence-electron chi connectivity index (χ4n) is 5.18. The summed E-state index contributed by atoms with van der Waals surface area (Å²) < 4.78 is 0. The van der Waals surface area contributed by atoms with Gasteiger partial charge in [0.1, 0.15) is 16.7 Å². The molecule has 0 unspecified atom stereocenters. The van der Waals surface area contributed by atoms with E-state index in [0.717, 1.165) is 0 Å². The van der Waals surface area contributed by atoms with Crippen molar-refractivity contribution in [2.45, 2.75) is 0 Å². The molecule has 0 saturated carbocycles. The molecule has 1 aromatic carbocycles. The Labute approximate surface area is 233 Å². The third kappa shape index (κ3) is 4.19. The molecular formula is C30H20N4O8. The standard InChI is InChI=1S/C30H20N4O8/c35-27(36)14-12-21-22(13-4-2-1-3-5-13)15-6-7-16(31-15)23(28(37)38)17-8-9-18(32-17)24(29(39)40)19-10-11-20(33-19)25(30(41)42)26(14)34-21/h1-12,31-34H,(H,35,36)(H,37,38)(H,39,40)(H,41,42). The smallest absolute Gasteiger partial charge is 0.339 e. The van der Waals surface area contributed by atoms with Gasteiger partial charge in [-0.2, -0.15) is 0 Å². The summed E-state index contributed by atoms with van der Waals surface area (Å²) in [4.78, 5) is 61.5. The van der Waals surface area contributed by atoms with Gasteiger partial charge in [-0.05, 0) is 48.0 Å². The van der Waals surface area contributed by atoms with Crippen molar-refractivity contribution in [2.24, 2.45) is 0 Å². The second-order valence-electron chi connectivity index (χ2n) is 9.42. The fraction of sp³-hybridized carbons (Fsp3) is 0. The molecule has 0 spiro atoms. The number of carboxylic acids is 4. The minimum atomic E-state index is -1.46. The molecule has 1 aliphatic heterocycles. The Balaban J connectivity index is 1.86. The Morgan fingerprint density at radius 2 is 0.976 bits per heavy atom. The summed E-state index contributed by atoms with van der Waals surface area (Å²) in [5.74, 6) is -5.50. The highest BCUT2D eigenvalue weighted by molar-refractivity contribution is 6.18. The number of fused-ring (bicyclic) bond motifs is 8. The van der Waals surface area contributed by atoms with E-state index in [2.05, 4.69) is 19.9 Å². The number of carboxylic acid groups (broad SMARTS) is 4. The van der Waals surface area contributed by atoms with Gasteiger partial charge in [-0.15, -0.1) is 0 Å². The van der Waals surface area contributed by atoms with Gasteiger partial charge < -0.3 is 40.4 Å². The maximum Gasteiger partial charge on any atom is 0.339 e. The van der Waals surface area contributed by atoms with Crippen LogP contribution in [0.3, 0.4) is 0 Å². The largest absolute Gasteiger partial charge is 0.478 e. The van der Waals surface area contributed by atoms with Crippen molar-refractivity contribution in [3.05, 3.63) is 128 Å². The molecule has 4 aromatic heterocycles. The Morgan fingerprint density at radius 3 is 1.50 bits per heavy atom. The molecule has 12 nitrogen and oxygen atoms in total. The number of carbonyl (C=O) groups is 4. The van der Waals surface area contributed by atoms with Crippen molar-refractivity contribution in [3.63, 3.8) is 0 Å². The van der Waals surface area contributed by atoms with E-state index in [1.165, 1.54) is 36.4 Å². The number of aromatic nitrogens is 4. The minimum Gasteiger partial charge on any atom is -0.478 e. The van der Waals surface area contributed by atoms with Gasteiger partial charge in [0, 0.05) is 16.6 Å². The number of aliphatic carboxylic acids is 3. The molecule has 0 radical (unpaired) electrons. The minimum absolute atomic E-state index is 0.0102. The normalized spacial score (nSPS) is 12.9. The predicted octanol–water partition coefficient (Wildman–Crippen LogP) is 0.109. The molecule has 6 rings (SSSR count). The lowest BCUT2D eigenvalue weighted by atomic mass is 10.0. The van der Waals surface area contributed by atoms with Gasteiger partial charge in [-0.3, -0.25) is 0 Å². The van der Waals surface area contributed by atoms with Crippen LogP contribution in [0.25, 0.3) is 22.3 Å². The number of hydrogen-bond donors (Lipinski definition) is 8. The van der Waals surface area contributed by atoms with E-state index in [1.807, 2.05) is 0 Å². The zero-order chi connectivity index (χ0) is 29.7. The summed E-state index contributed by atoms with van der Waals surface area (Å²) in [7, 11) is 0. The third-order valence-electron chi connectivity index (χ3n) is 6.95. The van der Waals surface area contributed by atoms with E-state index < -0.39 is 29.5 Å². The summed E-state index contributed by atoms with van der Waals surface area (Å²) in [6.07, 6.45) is 0. The van der Waals surface area contributed by atoms with E-state index in [0.29, 0.717) is 16.5 Å². The average molecular weight is 565 g/mol. The highest BCUT2D eigenvalue weighted by Gasteiger charge is 2.26. The molecule has 0 aliphatic carbocycles. The number of hydrogen-bond acceptors (Lipinski definition) is 4. The second kappa shape index (κ2) is 9.71. The summed E-state index contributed by atoms with van der Waals surface area (Å²) in [5, 5.41) is 41.1.